The van der Waals surface area contributed by atoms with Crippen LogP contribution in [0.2, 0.25) is 0 Å². The summed E-state index contributed by atoms with van der Waals surface area (Å²) in [5.41, 5.74) is 0.357. The molecule has 0 radical (unpaired) electrons. The summed E-state index contributed by atoms with van der Waals surface area (Å²) in [6, 6.07) is 7.77. The number of hydrogen-bond acceptors (Lipinski definition) is 3. The summed E-state index contributed by atoms with van der Waals surface area (Å²) in [6.07, 6.45) is 1.71. The third-order valence-corrected chi connectivity index (χ3v) is 5.05. The predicted octanol–water partition coefficient (Wildman–Crippen LogP) is 4.11. The van der Waals surface area contributed by atoms with Gasteiger partial charge >= 0.3 is 6.03 Å². The van der Waals surface area contributed by atoms with Gasteiger partial charge in [0.1, 0.15) is 29.3 Å². The van der Waals surface area contributed by atoms with E-state index in [0.29, 0.717) is 24.3 Å². The molecule has 1 unspecified atom stereocenters. The Morgan fingerprint density at radius 1 is 1.07 bits per heavy atom. The molecule has 1 fully saturated rings. The van der Waals surface area contributed by atoms with Gasteiger partial charge in [-0.25, -0.2) is 23.0 Å². The molecule has 8 heteroatoms. The lowest BCUT2D eigenvalue weighted by Crippen LogP contribution is -2.64. The van der Waals surface area contributed by atoms with E-state index in [1.807, 2.05) is 6.92 Å². The number of hydrogen-bond donors (Lipinski definition) is 0. The summed E-state index contributed by atoms with van der Waals surface area (Å²) in [7, 11) is 0. The van der Waals surface area contributed by atoms with Gasteiger partial charge in [-0.2, -0.15) is 5.10 Å². The highest BCUT2D eigenvalue weighted by molar-refractivity contribution is 5.79. The Morgan fingerprint density at radius 3 is 2.39 bits per heavy atom. The monoisotopic (exact) mass is 389 g/mol. The Bertz CT molecular complexity index is 899. The molecule has 0 aliphatic carbocycles. The number of rotatable bonds is 3. The summed E-state index contributed by atoms with van der Waals surface area (Å²) in [6.45, 7) is 2.18. The number of carbonyl (C=O) groups is 1. The molecule has 3 atom stereocenters. The maximum atomic E-state index is 13.6. The molecule has 0 bridgehead atoms. The van der Waals surface area contributed by atoms with Crippen molar-refractivity contribution in [3.8, 4) is 5.75 Å². The minimum absolute atomic E-state index is 0.224. The molecule has 28 heavy (non-hydrogen) atoms. The predicted molar refractivity (Wildman–Crippen MR) is 96.4 cm³/mol. The van der Waals surface area contributed by atoms with E-state index in [1.165, 1.54) is 41.4 Å². The minimum atomic E-state index is -0.695. The summed E-state index contributed by atoms with van der Waals surface area (Å²) >= 11 is 0. The zero-order valence-electron chi connectivity index (χ0n) is 15.1. The third kappa shape index (κ3) is 3.42. The van der Waals surface area contributed by atoms with Gasteiger partial charge in [0.05, 0.1) is 18.6 Å². The van der Waals surface area contributed by atoms with E-state index in [-0.39, 0.29) is 24.0 Å². The number of benzene rings is 2. The summed E-state index contributed by atoms with van der Waals surface area (Å²) in [5.74, 6) is -1.21. The van der Waals surface area contributed by atoms with E-state index in [4.69, 9.17) is 4.74 Å². The third-order valence-electron chi connectivity index (χ3n) is 5.05. The molecule has 2 amide bonds. The number of likely N-dealkylation sites (tertiary alicyclic amines) is 1. The lowest BCUT2D eigenvalue weighted by Gasteiger charge is -2.46. The smallest absolute Gasteiger partial charge is 0.341 e. The van der Waals surface area contributed by atoms with Crippen molar-refractivity contribution in [3.05, 3.63) is 65.5 Å². The van der Waals surface area contributed by atoms with Crippen LogP contribution in [0.5, 0.6) is 5.75 Å². The number of hydrazone groups is 1. The molecule has 0 saturated carbocycles. The molecule has 0 spiro atoms. The second kappa shape index (κ2) is 7.18. The topological polar surface area (TPSA) is 45.1 Å². The molecule has 1 saturated heterocycles. The van der Waals surface area contributed by atoms with Crippen molar-refractivity contribution in [2.75, 3.05) is 6.54 Å². The Balaban J connectivity index is 1.43. The van der Waals surface area contributed by atoms with Crippen molar-refractivity contribution >= 4 is 12.2 Å². The average Bonchev–Trinajstić information content (AvgIpc) is 3.14. The molecule has 0 aromatic heterocycles. The first-order valence-corrected chi connectivity index (χ1v) is 8.93. The van der Waals surface area contributed by atoms with Gasteiger partial charge in [0.15, 0.2) is 0 Å². The van der Waals surface area contributed by atoms with Crippen molar-refractivity contribution in [1.82, 2.24) is 9.91 Å². The van der Waals surface area contributed by atoms with Crippen LogP contribution < -0.4 is 4.74 Å². The van der Waals surface area contributed by atoms with E-state index in [2.05, 4.69) is 5.10 Å². The van der Waals surface area contributed by atoms with Crippen LogP contribution in [0, 0.1) is 17.5 Å². The number of ether oxygens (including phenoxy) is 1. The number of amides is 2. The molecule has 0 N–H and O–H groups in total. The van der Waals surface area contributed by atoms with Crippen LogP contribution in [0.1, 0.15) is 24.9 Å². The largest absolute Gasteiger partial charge is 0.486 e. The van der Waals surface area contributed by atoms with Gasteiger partial charge in [-0.3, -0.25) is 0 Å². The maximum absolute atomic E-state index is 13.6. The molecule has 2 aromatic rings. The summed E-state index contributed by atoms with van der Waals surface area (Å²) < 4.78 is 45.9. The number of urea groups is 1. The molecule has 2 aliphatic heterocycles. The van der Waals surface area contributed by atoms with E-state index in [0.717, 1.165) is 6.07 Å². The van der Waals surface area contributed by atoms with Crippen LogP contribution in [0.15, 0.2) is 47.6 Å². The van der Waals surface area contributed by atoms with Crippen LogP contribution in [0.4, 0.5) is 18.0 Å². The molecule has 4 rings (SSSR count). The van der Waals surface area contributed by atoms with E-state index in [1.54, 1.807) is 11.1 Å². The molecular weight excluding hydrogens is 371 g/mol. The Labute approximate surface area is 160 Å². The number of halogens is 3. The summed E-state index contributed by atoms with van der Waals surface area (Å²) in [5, 5.41) is 5.35. The molecule has 2 heterocycles. The van der Waals surface area contributed by atoms with Crippen molar-refractivity contribution in [2.24, 2.45) is 5.10 Å². The average molecular weight is 389 g/mol. The van der Waals surface area contributed by atoms with Crippen LogP contribution in [-0.2, 0) is 0 Å². The van der Waals surface area contributed by atoms with Gasteiger partial charge in [0.25, 0.3) is 0 Å². The fraction of sp³-hybridized carbons (Fsp3) is 0.300. The van der Waals surface area contributed by atoms with Gasteiger partial charge in [0, 0.05) is 18.7 Å². The lowest BCUT2D eigenvalue weighted by molar-refractivity contribution is -0.0197. The zero-order chi connectivity index (χ0) is 19.8. The molecular formula is C20H18F3N3O2. The number of nitrogens with zero attached hydrogens (tertiary/aromatic N) is 3. The Kier molecular flexibility index (Phi) is 4.70. The van der Waals surface area contributed by atoms with E-state index < -0.39 is 17.7 Å². The Morgan fingerprint density at radius 2 is 1.75 bits per heavy atom. The van der Waals surface area contributed by atoms with Crippen molar-refractivity contribution < 1.29 is 22.7 Å². The highest BCUT2D eigenvalue weighted by Gasteiger charge is 2.44. The molecule has 146 valence electrons. The van der Waals surface area contributed by atoms with Crippen molar-refractivity contribution in [2.45, 2.75) is 31.5 Å². The van der Waals surface area contributed by atoms with E-state index in [9.17, 15) is 18.0 Å². The van der Waals surface area contributed by atoms with Crippen LogP contribution in [-0.4, -0.2) is 40.8 Å². The summed E-state index contributed by atoms with van der Waals surface area (Å²) in [4.78, 5) is 14.5. The fourth-order valence-electron chi connectivity index (χ4n) is 3.43. The van der Waals surface area contributed by atoms with Gasteiger partial charge in [-0.15, -0.1) is 0 Å². The first-order valence-electron chi connectivity index (χ1n) is 8.93. The minimum Gasteiger partial charge on any atom is -0.486 e. The fourth-order valence-corrected chi connectivity index (χ4v) is 3.43. The first kappa shape index (κ1) is 18.3. The van der Waals surface area contributed by atoms with Crippen LogP contribution >= 0.6 is 0 Å². The first-order chi connectivity index (χ1) is 13.4. The van der Waals surface area contributed by atoms with Gasteiger partial charge < -0.3 is 9.64 Å². The second-order valence-electron chi connectivity index (χ2n) is 6.88. The Hall–Kier alpha value is -3.03. The van der Waals surface area contributed by atoms with Gasteiger partial charge in [-0.1, -0.05) is 0 Å². The standard InChI is InChI=1S/C20H18F3N3O2/c1-12-19(28-17-4-2-14(21)3-5-17)11-25(12)20(27)26-18(6-7-24-26)13-8-15(22)10-16(23)9-13/h2-5,7-10,12,18-19H,6,11H2,1H3/t12-,18?,19-/m1/s1. The number of carbonyl (C=O) groups excluding carboxylic acids is 1. The SMILES string of the molecule is C[C@@H]1[C@H](Oc2ccc(F)cc2)CN1C(=O)N1N=CCC1c1cc(F)cc(F)c1. The normalized spacial score (nSPS) is 23.6. The van der Waals surface area contributed by atoms with Crippen LogP contribution in [0.25, 0.3) is 0 Å². The lowest BCUT2D eigenvalue weighted by atomic mass is 10.0. The molecule has 2 aromatic carbocycles. The van der Waals surface area contributed by atoms with E-state index >= 15 is 0 Å². The highest BCUT2D eigenvalue weighted by atomic mass is 19.1. The zero-order valence-corrected chi connectivity index (χ0v) is 15.1. The molecule has 5 nitrogen and oxygen atoms in total. The van der Waals surface area contributed by atoms with Gasteiger partial charge in [0.2, 0.25) is 0 Å². The maximum Gasteiger partial charge on any atom is 0.341 e. The van der Waals surface area contributed by atoms with Crippen LogP contribution in [0.3, 0.4) is 0 Å². The van der Waals surface area contributed by atoms with Gasteiger partial charge in [-0.05, 0) is 48.9 Å². The second-order valence-corrected chi connectivity index (χ2v) is 6.88. The highest BCUT2D eigenvalue weighted by Crippen LogP contribution is 2.33. The quantitative estimate of drug-likeness (QED) is 0.793. The molecule has 2 aliphatic rings. The van der Waals surface area contributed by atoms with Crippen molar-refractivity contribution in [3.63, 3.8) is 0 Å². The van der Waals surface area contributed by atoms with Crippen molar-refractivity contribution in [1.29, 1.82) is 0 Å².